The van der Waals surface area contributed by atoms with E-state index in [0.29, 0.717) is 13.2 Å². The first-order chi connectivity index (χ1) is 9.78. The molecule has 2 amide bonds. The lowest BCUT2D eigenvalue weighted by Crippen LogP contribution is -2.63. The largest absolute Gasteiger partial charge is 0.479 e. The van der Waals surface area contributed by atoms with Crippen LogP contribution in [0.25, 0.3) is 0 Å². The van der Waals surface area contributed by atoms with Crippen molar-refractivity contribution in [3.8, 4) is 0 Å². The number of nitrogens with zero attached hydrogens (tertiary/aromatic N) is 1. The quantitative estimate of drug-likeness (QED) is 0.643. The molecule has 8 nitrogen and oxygen atoms in total. The van der Waals surface area contributed by atoms with E-state index in [1.807, 2.05) is 13.8 Å². The molecule has 2 aliphatic heterocycles. The van der Waals surface area contributed by atoms with Gasteiger partial charge in [0.15, 0.2) is 5.54 Å². The molecule has 0 aromatic rings. The molecule has 3 N–H and O–H groups in total. The Labute approximate surface area is 123 Å². The highest BCUT2D eigenvalue weighted by atomic mass is 16.5. The Morgan fingerprint density at radius 3 is 2.67 bits per heavy atom. The predicted octanol–water partition coefficient (Wildman–Crippen LogP) is -0.589. The van der Waals surface area contributed by atoms with Gasteiger partial charge in [0.25, 0.3) is 0 Å². The van der Waals surface area contributed by atoms with Gasteiger partial charge in [-0.1, -0.05) is 0 Å². The molecule has 2 fully saturated rings. The molecular formula is C13H22N2O6. The summed E-state index contributed by atoms with van der Waals surface area (Å²) < 4.78 is 10.7. The third kappa shape index (κ3) is 3.45. The van der Waals surface area contributed by atoms with Crippen LogP contribution < -0.4 is 5.32 Å². The summed E-state index contributed by atoms with van der Waals surface area (Å²) >= 11 is 0. The van der Waals surface area contributed by atoms with Crippen molar-refractivity contribution in [3.63, 3.8) is 0 Å². The van der Waals surface area contributed by atoms with Crippen LogP contribution in [0.4, 0.5) is 4.79 Å². The number of morpholine rings is 1. The fourth-order valence-electron chi connectivity index (χ4n) is 2.71. The van der Waals surface area contributed by atoms with Gasteiger partial charge in [-0.25, -0.2) is 9.59 Å². The molecule has 0 aromatic heterocycles. The van der Waals surface area contributed by atoms with Gasteiger partial charge in [0.2, 0.25) is 0 Å². The van der Waals surface area contributed by atoms with Gasteiger partial charge in [0.1, 0.15) is 0 Å². The summed E-state index contributed by atoms with van der Waals surface area (Å²) in [7, 11) is 0. The minimum atomic E-state index is -1.37. The maximum atomic E-state index is 12.4. The van der Waals surface area contributed by atoms with Gasteiger partial charge in [-0.2, -0.15) is 0 Å². The number of nitrogens with one attached hydrogen (secondary N) is 1. The van der Waals surface area contributed by atoms with Crippen LogP contribution >= 0.6 is 0 Å². The van der Waals surface area contributed by atoms with Gasteiger partial charge in [0.05, 0.1) is 38.0 Å². The van der Waals surface area contributed by atoms with Crippen LogP contribution in [0.15, 0.2) is 0 Å². The highest BCUT2D eigenvalue weighted by Gasteiger charge is 2.46. The van der Waals surface area contributed by atoms with Gasteiger partial charge in [-0.15, -0.1) is 0 Å². The molecule has 2 saturated heterocycles. The molecule has 0 spiro atoms. The van der Waals surface area contributed by atoms with E-state index in [9.17, 15) is 19.8 Å². The van der Waals surface area contributed by atoms with Crippen molar-refractivity contribution >= 4 is 12.0 Å². The zero-order chi connectivity index (χ0) is 15.7. The number of urea groups is 1. The fourth-order valence-corrected chi connectivity index (χ4v) is 2.71. The monoisotopic (exact) mass is 302 g/mol. The van der Waals surface area contributed by atoms with Gasteiger partial charge in [-0.05, 0) is 13.8 Å². The number of carboxylic acids is 1. The molecule has 0 bridgehead atoms. The lowest BCUT2D eigenvalue weighted by molar-refractivity contribution is -0.146. The van der Waals surface area contributed by atoms with Crippen molar-refractivity contribution in [1.82, 2.24) is 10.2 Å². The van der Waals surface area contributed by atoms with Gasteiger partial charge in [0, 0.05) is 13.0 Å². The number of hydrogen-bond donors (Lipinski definition) is 3. The molecule has 21 heavy (non-hydrogen) atoms. The van der Waals surface area contributed by atoms with E-state index >= 15 is 0 Å². The molecular weight excluding hydrogens is 280 g/mol. The molecule has 2 rings (SSSR count). The van der Waals surface area contributed by atoms with Crippen LogP contribution in [0.3, 0.4) is 0 Å². The Bertz CT molecular complexity index is 419. The maximum Gasteiger partial charge on any atom is 0.332 e. The number of hydrogen-bond acceptors (Lipinski definition) is 5. The van der Waals surface area contributed by atoms with E-state index < -0.39 is 29.2 Å². The fraction of sp³-hybridized carbons (Fsp3) is 0.846. The molecule has 2 unspecified atom stereocenters. The van der Waals surface area contributed by atoms with E-state index in [4.69, 9.17) is 9.47 Å². The molecule has 2 aliphatic rings. The summed E-state index contributed by atoms with van der Waals surface area (Å²) in [5.74, 6) is -1.10. The predicted molar refractivity (Wildman–Crippen MR) is 71.9 cm³/mol. The van der Waals surface area contributed by atoms with Crippen LogP contribution in [0, 0.1) is 0 Å². The van der Waals surface area contributed by atoms with Crippen molar-refractivity contribution in [1.29, 1.82) is 0 Å². The van der Waals surface area contributed by atoms with Gasteiger partial charge in [-0.3, -0.25) is 0 Å². The number of carbonyl (C=O) groups excluding carboxylic acids is 1. The molecule has 2 atom stereocenters. The first-order valence-electron chi connectivity index (χ1n) is 6.95. The lowest BCUT2D eigenvalue weighted by atomic mass is 9.99. The molecule has 0 saturated carbocycles. The first kappa shape index (κ1) is 16.0. The third-order valence-corrected chi connectivity index (χ3v) is 3.75. The maximum absolute atomic E-state index is 12.4. The Morgan fingerprint density at radius 2 is 2.14 bits per heavy atom. The molecule has 0 aliphatic carbocycles. The van der Waals surface area contributed by atoms with E-state index in [1.165, 1.54) is 4.90 Å². The Morgan fingerprint density at radius 1 is 1.43 bits per heavy atom. The number of ether oxygens (including phenoxy) is 2. The Kier molecular flexibility index (Phi) is 4.40. The average Bonchev–Trinajstić information content (AvgIpc) is 2.86. The standard InChI is InChI=1S/C13H22N2O6/c1-12(2)7-15(5-9(6-16)21-12)11(19)14-13(10(17)18)3-4-20-8-13/h9,16H,3-8H2,1-2H3,(H,14,19)(H,17,18). The number of aliphatic hydroxyl groups excluding tert-OH is 1. The molecule has 0 radical (unpaired) electrons. The van der Waals surface area contributed by atoms with E-state index in [1.54, 1.807) is 0 Å². The van der Waals surface area contributed by atoms with Crippen LogP contribution in [0.5, 0.6) is 0 Å². The zero-order valence-electron chi connectivity index (χ0n) is 12.3. The van der Waals surface area contributed by atoms with Crippen molar-refractivity contribution in [3.05, 3.63) is 0 Å². The second-order valence-corrected chi connectivity index (χ2v) is 6.18. The van der Waals surface area contributed by atoms with E-state index in [-0.39, 0.29) is 26.2 Å². The second-order valence-electron chi connectivity index (χ2n) is 6.18. The lowest BCUT2D eigenvalue weighted by Gasteiger charge is -2.43. The SMILES string of the molecule is CC1(C)CN(C(=O)NC2(C(=O)O)CCOC2)CC(CO)O1. The van der Waals surface area contributed by atoms with E-state index in [2.05, 4.69) is 5.32 Å². The Balaban J connectivity index is 2.06. The summed E-state index contributed by atoms with van der Waals surface area (Å²) in [5.41, 5.74) is -1.96. The third-order valence-electron chi connectivity index (χ3n) is 3.75. The van der Waals surface area contributed by atoms with Crippen molar-refractivity contribution in [2.24, 2.45) is 0 Å². The van der Waals surface area contributed by atoms with Gasteiger partial charge >= 0.3 is 12.0 Å². The molecule has 0 aromatic carbocycles. The van der Waals surface area contributed by atoms with Gasteiger partial charge < -0.3 is 29.9 Å². The number of rotatable bonds is 3. The minimum Gasteiger partial charge on any atom is -0.479 e. The summed E-state index contributed by atoms with van der Waals surface area (Å²) in [6, 6.07) is -0.474. The number of carbonyl (C=O) groups is 2. The number of aliphatic carboxylic acids is 1. The van der Waals surface area contributed by atoms with E-state index in [0.717, 1.165) is 0 Å². The molecule has 8 heteroatoms. The summed E-state index contributed by atoms with van der Waals surface area (Å²) in [6.45, 7) is 4.27. The smallest absolute Gasteiger partial charge is 0.332 e. The highest BCUT2D eigenvalue weighted by Crippen LogP contribution is 2.23. The number of amides is 2. The van der Waals surface area contributed by atoms with Crippen molar-refractivity contribution in [2.45, 2.75) is 37.5 Å². The topological polar surface area (TPSA) is 108 Å². The number of aliphatic hydroxyl groups is 1. The summed E-state index contributed by atoms with van der Waals surface area (Å²) in [6.07, 6.45) is -0.231. The first-order valence-corrected chi connectivity index (χ1v) is 6.95. The summed E-state index contributed by atoms with van der Waals surface area (Å²) in [5, 5.41) is 21.2. The van der Waals surface area contributed by atoms with Crippen molar-refractivity contribution in [2.75, 3.05) is 32.9 Å². The van der Waals surface area contributed by atoms with Crippen LogP contribution in [0.2, 0.25) is 0 Å². The second kappa shape index (κ2) is 5.78. The normalized spacial score (nSPS) is 32.0. The summed E-state index contributed by atoms with van der Waals surface area (Å²) in [4.78, 5) is 25.3. The molecule has 2 heterocycles. The van der Waals surface area contributed by atoms with Crippen LogP contribution in [-0.2, 0) is 14.3 Å². The van der Waals surface area contributed by atoms with Crippen LogP contribution in [-0.4, -0.2) is 77.3 Å². The average molecular weight is 302 g/mol. The zero-order valence-corrected chi connectivity index (χ0v) is 12.3. The Hall–Kier alpha value is -1.38. The van der Waals surface area contributed by atoms with Crippen molar-refractivity contribution < 1.29 is 29.3 Å². The highest BCUT2D eigenvalue weighted by molar-refractivity contribution is 5.86. The molecule has 120 valence electrons. The van der Waals surface area contributed by atoms with Crippen LogP contribution in [0.1, 0.15) is 20.3 Å². The number of carboxylic acid groups (broad SMARTS) is 1. The minimum absolute atomic E-state index is 0.0365.